The lowest BCUT2D eigenvalue weighted by molar-refractivity contribution is -0.125. The molecule has 1 fully saturated rings. The SMILES string of the molecule is CC(C(=O)Nc1ccc(Oc2ccc(F)cc2)cn1)N1CCC(F)(F)[C@@H](c2c[nH]c(=O)c(CN)c2)C1. The number of anilines is 1. The van der Waals surface area contributed by atoms with Crippen LogP contribution in [0.4, 0.5) is 19.0 Å². The highest BCUT2D eigenvalue weighted by Gasteiger charge is 2.46. The number of halogens is 3. The number of aromatic nitrogens is 2. The van der Waals surface area contributed by atoms with Crippen molar-refractivity contribution in [2.45, 2.75) is 37.8 Å². The van der Waals surface area contributed by atoms with Gasteiger partial charge in [0.1, 0.15) is 23.1 Å². The predicted octanol–water partition coefficient (Wildman–Crippen LogP) is 3.61. The van der Waals surface area contributed by atoms with E-state index in [2.05, 4.69) is 15.3 Å². The van der Waals surface area contributed by atoms with Gasteiger partial charge in [0.25, 0.3) is 11.5 Å². The minimum Gasteiger partial charge on any atom is -0.456 e. The number of ether oxygens (including phenoxy) is 1. The van der Waals surface area contributed by atoms with Crippen molar-refractivity contribution in [3.05, 3.63) is 82.2 Å². The van der Waals surface area contributed by atoms with Crippen molar-refractivity contribution in [2.75, 3.05) is 18.4 Å². The van der Waals surface area contributed by atoms with Crippen molar-refractivity contribution in [2.24, 2.45) is 5.73 Å². The van der Waals surface area contributed by atoms with Crippen LogP contribution in [0.1, 0.15) is 30.4 Å². The molecule has 1 aliphatic heterocycles. The number of H-pyrrole nitrogens is 1. The Morgan fingerprint density at radius 2 is 2.00 bits per heavy atom. The van der Waals surface area contributed by atoms with E-state index in [0.29, 0.717) is 11.5 Å². The maximum Gasteiger partial charge on any atom is 0.257 e. The number of nitrogens with two attached hydrogens (primary N) is 1. The molecule has 3 heterocycles. The van der Waals surface area contributed by atoms with Gasteiger partial charge in [-0.2, -0.15) is 0 Å². The van der Waals surface area contributed by atoms with E-state index in [1.807, 2.05) is 0 Å². The molecule has 0 bridgehead atoms. The Morgan fingerprint density at radius 3 is 2.67 bits per heavy atom. The highest BCUT2D eigenvalue weighted by atomic mass is 19.3. The van der Waals surface area contributed by atoms with Crippen LogP contribution in [0.5, 0.6) is 11.5 Å². The summed E-state index contributed by atoms with van der Waals surface area (Å²) in [6.45, 7) is 1.53. The minimum atomic E-state index is -3.00. The first kappa shape index (κ1) is 25.4. The highest BCUT2D eigenvalue weighted by molar-refractivity contribution is 5.93. The fraction of sp³-hybridized carbons (Fsp3) is 0.320. The standard InChI is InChI=1S/C25H26F3N5O3/c1-15(23(34)32-22-7-6-20(13-30-22)36-19-4-2-18(26)3-5-19)33-9-8-25(27,28)21(14-33)17-10-16(11-29)24(35)31-12-17/h2-7,10,12-13,15,21H,8-9,11,14,29H2,1H3,(H,31,35)(H,30,32,34)/t15?,21-/m1/s1. The summed E-state index contributed by atoms with van der Waals surface area (Å²) in [5, 5.41) is 2.69. The van der Waals surface area contributed by atoms with Gasteiger partial charge in [0, 0.05) is 37.8 Å². The highest BCUT2D eigenvalue weighted by Crippen LogP contribution is 2.40. The van der Waals surface area contributed by atoms with Gasteiger partial charge in [0.15, 0.2) is 0 Å². The number of likely N-dealkylation sites (tertiary alicyclic amines) is 1. The number of piperidine rings is 1. The van der Waals surface area contributed by atoms with E-state index in [0.717, 1.165) is 0 Å². The molecule has 3 aromatic rings. The molecule has 2 atom stereocenters. The van der Waals surface area contributed by atoms with Crippen LogP contribution in [-0.4, -0.2) is 45.8 Å². The smallest absolute Gasteiger partial charge is 0.257 e. The third-order valence-electron chi connectivity index (χ3n) is 6.25. The lowest BCUT2D eigenvalue weighted by Crippen LogP contribution is -2.52. The molecule has 2 aromatic heterocycles. The van der Waals surface area contributed by atoms with Gasteiger partial charge in [-0.15, -0.1) is 0 Å². The summed E-state index contributed by atoms with van der Waals surface area (Å²) >= 11 is 0. The number of nitrogens with zero attached hydrogens (tertiary/aromatic N) is 2. The monoisotopic (exact) mass is 501 g/mol. The molecule has 11 heteroatoms. The molecule has 0 saturated carbocycles. The normalized spacial score (nSPS) is 18.4. The van der Waals surface area contributed by atoms with Gasteiger partial charge in [0.2, 0.25) is 5.91 Å². The second kappa shape index (κ2) is 10.5. The Kier molecular flexibility index (Phi) is 7.41. The summed E-state index contributed by atoms with van der Waals surface area (Å²) in [6.07, 6.45) is 2.26. The summed E-state index contributed by atoms with van der Waals surface area (Å²) < 4.78 is 48.2. The molecule has 1 saturated heterocycles. The van der Waals surface area contributed by atoms with Gasteiger partial charge in [-0.05, 0) is 55.0 Å². The zero-order chi connectivity index (χ0) is 25.9. The molecule has 0 aliphatic carbocycles. The van der Waals surface area contributed by atoms with E-state index in [1.54, 1.807) is 24.0 Å². The predicted molar refractivity (Wildman–Crippen MR) is 128 cm³/mol. The molecule has 36 heavy (non-hydrogen) atoms. The van der Waals surface area contributed by atoms with Gasteiger partial charge >= 0.3 is 0 Å². The Bertz CT molecular complexity index is 1270. The van der Waals surface area contributed by atoms with E-state index in [9.17, 15) is 22.8 Å². The fourth-order valence-corrected chi connectivity index (χ4v) is 4.08. The van der Waals surface area contributed by atoms with E-state index in [1.165, 1.54) is 42.7 Å². The summed E-state index contributed by atoms with van der Waals surface area (Å²) in [5.74, 6) is -3.89. The molecule has 1 aliphatic rings. The van der Waals surface area contributed by atoms with Crippen molar-refractivity contribution < 1.29 is 22.7 Å². The van der Waals surface area contributed by atoms with Gasteiger partial charge in [0.05, 0.1) is 18.2 Å². The van der Waals surface area contributed by atoms with Crippen LogP contribution in [0, 0.1) is 5.82 Å². The van der Waals surface area contributed by atoms with Crippen LogP contribution < -0.4 is 21.3 Å². The molecule has 1 aromatic carbocycles. The molecule has 4 N–H and O–H groups in total. The van der Waals surface area contributed by atoms with Crippen molar-refractivity contribution in [1.82, 2.24) is 14.9 Å². The van der Waals surface area contributed by atoms with Crippen LogP contribution >= 0.6 is 0 Å². The van der Waals surface area contributed by atoms with E-state index in [-0.39, 0.29) is 42.4 Å². The summed E-state index contributed by atoms with van der Waals surface area (Å²) in [4.78, 5) is 33.0. The maximum atomic E-state index is 14.8. The van der Waals surface area contributed by atoms with Crippen LogP contribution in [0.15, 0.2) is 59.7 Å². The largest absolute Gasteiger partial charge is 0.456 e. The quantitative estimate of drug-likeness (QED) is 0.456. The third-order valence-corrected chi connectivity index (χ3v) is 6.25. The summed E-state index contributed by atoms with van der Waals surface area (Å²) in [7, 11) is 0. The van der Waals surface area contributed by atoms with Crippen molar-refractivity contribution in [3.63, 3.8) is 0 Å². The Morgan fingerprint density at radius 1 is 1.28 bits per heavy atom. The lowest BCUT2D eigenvalue weighted by Gasteiger charge is -2.40. The summed E-state index contributed by atoms with van der Waals surface area (Å²) in [6, 6.07) is 9.34. The summed E-state index contributed by atoms with van der Waals surface area (Å²) in [5.41, 5.74) is 5.65. The average Bonchev–Trinajstić information content (AvgIpc) is 2.86. The molecular formula is C25H26F3N5O3. The van der Waals surface area contributed by atoms with E-state index in [4.69, 9.17) is 10.5 Å². The number of carbonyl (C=O) groups excluding carboxylic acids is 1. The number of rotatable bonds is 7. The average molecular weight is 502 g/mol. The lowest BCUT2D eigenvalue weighted by atomic mass is 9.86. The zero-order valence-electron chi connectivity index (χ0n) is 19.5. The molecule has 0 radical (unpaired) electrons. The Balaban J connectivity index is 1.40. The number of nitrogens with one attached hydrogen (secondary N) is 2. The van der Waals surface area contributed by atoms with Crippen molar-refractivity contribution in [1.29, 1.82) is 0 Å². The zero-order valence-corrected chi connectivity index (χ0v) is 19.5. The fourth-order valence-electron chi connectivity index (χ4n) is 4.08. The maximum absolute atomic E-state index is 14.8. The van der Waals surface area contributed by atoms with Crippen molar-refractivity contribution in [3.8, 4) is 11.5 Å². The number of hydrogen-bond donors (Lipinski definition) is 3. The van der Waals surface area contributed by atoms with Gasteiger partial charge < -0.3 is 20.8 Å². The van der Waals surface area contributed by atoms with Crippen LogP contribution in [0.2, 0.25) is 0 Å². The molecular weight excluding hydrogens is 475 g/mol. The molecule has 1 amide bonds. The second-order valence-corrected chi connectivity index (χ2v) is 8.65. The van der Waals surface area contributed by atoms with E-state index < -0.39 is 35.8 Å². The van der Waals surface area contributed by atoms with Crippen LogP contribution in [0.25, 0.3) is 0 Å². The first-order valence-corrected chi connectivity index (χ1v) is 11.4. The Labute approximate surface area is 205 Å². The number of aromatic amines is 1. The number of carbonyl (C=O) groups is 1. The first-order valence-electron chi connectivity index (χ1n) is 11.4. The molecule has 4 rings (SSSR count). The van der Waals surface area contributed by atoms with Crippen LogP contribution in [0.3, 0.4) is 0 Å². The van der Waals surface area contributed by atoms with Crippen LogP contribution in [-0.2, 0) is 11.3 Å². The third kappa shape index (κ3) is 5.74. The van der Waals surface area contributed by atoms with Crippen molar-refractivity contribution >= 4 is 11.7 Å². The number of benzene rings is 1. The molecule has 190 valence electrons. The minimum absolute atomic E-state index is 0.0308. The number of hydrogen-bond acceptors (Lipinski definition) is 6. The second-order valence-electron chi connectivity index (χ2n) is 8.65. The van der Waals surface area contributed by atoms with Gasteiger partial charge in [-0.25, -0.2) is 18.2 Å². The van der Waals surface area contributed by atoms with E-state index >= 15 is 0 Å². The number of amides is 1. The first-order chi connectivity index (χ1) is 17.2. The number of pyridine rings is 2. The topological polar surface area (TPSA) is 113 Å². The van der Waals surface area contributed by atoms with Gasteiger partial charge in [-0.1, -0.05) is 0 Å². The molecule has 0 spiro atoms. The van der Waals surface area contributed by atoms with Gasteiger partial charge in [-0.3, -0.25) is 14.5 Å². The number of alkyl halides is 2. The molecule has 8 nitrogen and oxygen atoms in total. The Hall–Kier alpha value is -3.70. The molecule has 1 unspecified atom stereocenters.